The first-order chi connectivity index (χ1) is 16.8. The van der Waals surface area contributed by atoms with E-state index in [1.165, 1.54) is 28.6 Å². The predicted octanol–water partition coefficient (Wildman–Crippen LogP) is 7.27. The molecule has 0 fully saturated rings. The normalized spacial score (nSPS) is 12.4. The van der Waals surface area contributed by atoms with E-state index in [-0.39, 0.29) is 11.6 Å². The minimum Gasteiger partial charge on any atom is -0.399 e. The number of hydrogen-bond donors (Lipinski definition) is 5. The molecule has 1 aromatic carbocycles. The van der Waals surface area contributed by atoms with Gasteiger partial charge in [0.25, 0.3) is 0 Å². The molecule has 1 aromatic rings. The lowest BCUT2D eigenvalue weighted by Crippen LogP contribution is -2.35. The molecule has 36 heavy (non-hydrogen) atoms. The van der Waals surface area contributed by atoms with E-state index >= 15 is 0 Å². The van der Waals surface area contributed by atoms with Crippen LogP contribution in [-0.4, -0.2) is 20.3 Å². The zero-order valence-corrected chi connectivity index (χ0v) is 25.9. The molecule has 1 rings (SSSR count). The molecule has 8 N–H and O–H groups in total. The number of rotatable bonds is 9. The summed E-state index contributed by atoms with van der Waals surface area (Å²) in [7, 11) is 3.75. The van der Waals surface area contributed by atoms with Crippen LogP contribution < -0.4 is 27.2 Å². The largest absolute Gasteiger partial charge is 0.399 e. The van der Waals surface area contributed by atoms with Crippen molar-refractivity contribution >= 4 is 17.6 Å². The third kappa shape index (κ3) is 22.5. The maximum atomic E-state index is 6.18. The number of nitrogens with two attached hydrogens (primary N) is 3. The number of unbranched alkanes of at least 4 members (excludes halogenated alkanes) is 1. The Morgan fingerprint density at radius 1 is 1.11 bits per heavy atom. The van der Waals surface area contributed by atoms with Gasteiger partial charge in [-0.1, -0.05) is 95.8 Å². The Bertz CT molecular complexity index is 766. The summed E-state index contributed by atoms with van der Waals surface area (Å²) < 4.78 is 3.21. The molecule has 0 spiro atoms. The summed E-state index contributed by atoms with van der Waals surface area (Å²) in [6, 6.07) is 4.20. The Kier molecular flexibility index (Phi) is 25.1. The minimum atomic E-state index is -0.197. The SMILES string of the molecule is C=CC/C(=C\C(C)(C)C)C(N)NS/C=C/C(N)=C\CCC.CC.CNC.Cc1cc(C)c(N)c(C)c1. The lowest BCUT2D eigenvalue weighted by Gasteiger charge is -2.20. The van der Waals surface area contributed by atoms with E-state index < -0.39 is 0 Å². The van der Waals surface area contributed by atoms with Crippen molar-refractivity contribution < 1.29 is 0 Å². The maximum Gasteiger partial charge on any atom is 0.0867 e. The highest BCUT2D eigenvalue weighted by atomic mass is 32.2. The Labute approximate surface area is 228 Å². The van der Waals surface area contributed by atoms with E-state index in [9.17, 15) is 0 Å². The average molecular weight is 520 g/mol. The van der Waals surface area contributed by atoms with Crippen LogP contribution in [0.5, 0.6) is 0 Å². The van der Waals surface area contributed by atoms with E-state index in [0.29, 0.717) is 0 Å². The van der Waals surface area contributed by atoms with Crippen LogP contribution in [0.15, 0.2) is 59.7 Å². The molecule has 0 saturated heterocycles. The molecule has 0 aliphatic rings. The van der Waals surface area contributed by atoms with Crippen LogP contribution in [0.1, 0.15) is 77.5 Å². The van der Waals surface area contributed by atoms with Crippen molar-refractivity contribution in [2.75, 3.05) is 19.8 Å². The van der Waals surface area contributed by atoms with Crippen LogP contribution in [0.2, 0.25) is 0 Å². The first kappa shape index (κ1) is 38.5. The summed E-state index contributed by atoms with van der Waals surface area (Å²) in [4.78, 5) is 0. The fourth-order valence-electron chi connectivity index (χ4n) is 2.87. The average Bonchev–Trinajstić information content (AvgIpc) is 2.80. The molecule has 0 heterocycles. The summed E-state index contributed by atoms with van der Waals surface area (Å²) in [5.74, 6) is 0. The molecule has 0 radical (unpaired) electrons. The van der Waals surface area contributed by atoms with E-state index in [1.54, 1.807) is 0 Å². The van der Waals surface area contributed by atoms with Crippen LogP contribution in [0.4, 0.5) is 5.69 Å². The minimum absolute atomic E-state index is 0.103. The molecule has 0 aliphatic carbocycles. The van der Waals surface area contributed by atoms with Crippen LogP contribution in [0.25, 0.3) is 0 Å². The molecule has 0 aromatic heterocycles. The van der Waals surface area contributed by atoms with E-state index in [4.69, 9.17) is 17.2 Å². The van der Waals surface area contributed by atoms with Gasteiger partial charge in [0.2, 0.25) is 0 Å². The number of allylic oxidation sites excluding steroid dienone is 4. The number of benzene rings is 1. The van der Waals surface area contributed by atoms with E-state index in [1.807, 2.05) is 65.4 Å². The quantitative estimate of drug-likeness (QED) is 0.0773. The second-order valence-electron chi connectivity index (χ2n) is 9.40. The lowest BCUT2D eigenvalue weighted by atomic mass is 9.91. The summed E-state index contributed by atoms with van der Waals surface area (Å²) in [5, 5.41) is 4.67. The molecule has 0 amide bonds. The molecule has 6 heteroatoms. The van der Waals surface area contributed by atoms with Gasteiger partial charge in [-0.2, -0.15) is 0 Å². The van der Waals surface area contributed by atoms with Crippen molar-refractivity contribution in [2.24, 2.45) is 16.9 Å². The van der Waals surface area contributed by atoms with Gasteiger partial charge in [0, 0.05) is 11.4 Å². The number of nitrogens with one attached hydrogen (secondary N) is 2. The Hall–Kier alpha value is -1.99. The molecule has 5 nitrogen and oxygen atoms in total. The van der Waals surface area contributed by atoms with Crippen molar-refractivity contribution in [3.05, 3.63) is 76.4 Å². The van der Waals surface area contributed by atoms with Gasteiger partial charge < -0.3 is 22.5 Å². The van der Waals surface area contributed by atoms with Crippen molar-refractivity contribution in [3.63, 3.8) is 0 Å². The van der Waals surface area contributed by atoms with Crippen molar-refractivity contribution in [2.45, 2.75) is 87.7 Å². The van der Waals surface area contributed by atoms with E-state index in [0.717, 1.165) is 36.2 Å². The van der Waals surface area contributed by atoms with Gasteiger partial charge in [-0.15, -0.1) is 6.58 Å². The molecule has 1 unspecified atom stereocenters. The summed E-state index contributed by atoms with van der Waals surface area (Å²) in [6.45, 7) is 22.6. The number of hydrogen-bond acceptors (Lipinski definition) is 6. The second kappa shape index (κ2) is 23.4. The standard InChI is InChI=1S/C17H31N3S.C9H13N.C2H7N.C2H6/c1-6-8-10-15(18)11-12-21-20-16(19)14(9-7-2)13-17(3,4)5;1-6-4-7(2)9(10)8(3)5-6;1-3-2;1-2/h7,10-13,16,20H,2,6,8-9,18-19H2,1,3-5H3;4-5H,10H2,1-3H3;3H,1-2H3;1-2H3/b12-11+,14-13+,15-10+;;;. The number of aryl methyl sites for hydroxylation is 3. The Morgan fingerprint density at radius 2 is 1.61 bits per heavy atom. The van der Waals surface area contributed by atoms with Crippen LogP contribution in [0.3, 0.4) is 0 Å². The molecular formula is C30H57N5S. The molecular weight excluding hydrogens is 462 g/mol. The number of nitrogen functional groups attached to an aromatic ring is 1. The van der Waals surface area contributed by atoms with Gasteiger partial charge in [-0.05, 0) is 81.3 Å². The highest BCUT2D eigenvalue weighted by molar-refractivity contribution is 8.00. The Balaban J connectivity index is -0.000000597. The number of anilines is 1. The topological polar surface area (TPSA) is 102 Å². The first-order valence-electron chi connectivity index (χ1n) is 12.9. The first-order valence-corrected chi connectivity index (χ1v) is 13.7. The zero-order valence-electron chi connectivity index (χ0n) is 25.1. The summed E-state index contributed by atoms with van der Waals surface area (Å²) >= 11 is 1.45. The smallest absolute Gasteiger partial charge is 0.0867 e. The van der Waals surface area contributed by atoms with Gasteiger partial charge in [0.15, 0.2) is 0 Å². The van der Waals surface area contributed by atoms with Crippen molar-refractivity contribution in [1.29, 1.82) is 0 Å². The van der Waals surface area contributed by atoms with Gasteiger partial charge >= 0.3 is 0 Å². The van der Waals surface area contributed by atoms with Gasteiger partial charge in [-0.3, -0.25) is 0 Å². The monoisotopic (exact) mass is 519 g/mol. The van der Waals surface area contributed by atoms with Gasteiger partial charge in [-0.25, -0.2) is 4.72 Å². The lowest BCUT2D eigenvalue weighted by molar-refractivity contribution is 0.531. The highest BCUT2D eigenvalue weighted by Crippen LogP contribution is 2.21. The van der Waals surface area contributed by atoms with Crippen LogP contribution in [-0.2, 0) is 0 Å². The van der Waals surface area contributed by atoms with Crippen LogP contribution >= 0.6 is 11.9 Å². The summed E-state index contributed by atoms with van der Waals surface area (Å²) in [6.07, 6.45) is 10.7. The fraction of sp³-hybridized carbons (Fsp3) is 0.533. The zero-order chi connectivity index (χ0) is 28.7. The fourth-order valence-corrected chi connectivity index (χ4v) is 3.47. The van der Waals surface area contributed by atoms with Gasteiger partial charge in [0.05, 0.1) is 6.17 Å². The molecule has 0 bridgehead atoms. The summed E-state index contributed by atoms with van der Waals surface area (Å²) in [5.41, 5.74) is 24.4. The molecule has 208 valence electrons. The third-order valence-corrected chi connectivity index (χ3v) is 4.99. The third-order valence-electron chi connectivity index (χ3n) is 4.33. The van der Waals surface area contributed by atoms with E-state index in [2.05, 4.69) is 69.4 Å². The Morgan fingerprint density at radius 3 is 2.03 bits per heavy atom. The van der Waals surface area contributed by atoms with Crippen molar-refractivity contribution in [1.82, 2.24) is 10.0 Å². The second-order valence-corrected chi connectivity index (χ2v) is 10.1. The van der Waals surface area contributed by atoms with Crippen LogP contribution in [0, 0.1) is 26.2 Å². The van der Waals surface area contributed by atoms with Gasteiger partial charge in [0.1, 0.15) is 0 Å². The molecule has 1 atom stereocenters. The maximum absolute atomic E-state index is 6.18. The predicted molar refractivity (Wildman–Crippen MR) is 169 cm³/mol. The molecule has 0 aliphatic heterocycles. The molecule has 0 saturated carbocycles. The van der Waals surface area contributed by atoms with Crippen molar-refractivity contribution in [3.8, 4) is 0 Å². The highest BCUT2D eigenvalue weighted by Gasteiger charge is 2.13.